The Morgan fingerprint density at radius 3 is 2.82 bits per heavy atom. The lowest BCUT2D eigenvalue weighted by Gasteiger charge is -2.25. The normalized spacial score (nSPS) is 10.4. The van der Waals surface area contributed by atoms with Crippen molar-refractivity contribution in [2.45, 2.75) is 27.2 Å². The Labute approximate surface area is 107 Å². The van der Waals surface area contributed by atoms with Crippen molar-refractivity contribution in [1.29, 1.82) is 5.26 Å². The molecule has 0 fully saturated rings. The summed E-state index contributed by atoms with van der Waals surface area (Å²) in [5, 5.41) is 8.93. The average molecular weight is 253 g/mol. The number of hydrogen-bond donors (Lipinski definition) is 0. The molecule has 1 rings (SSSR count). The number of aryl methyl sites for hydroxylation is 1. The predicted molar refractivity (Wildman–Crippen MR) is 69.1 cm³/mol. The van der Waals surface area contributed by atoms with Gasteiger partial charge in [0.1, 0.15) is 5.82 Å². The highest BCUT2D eigenvalue weighted by atomic mass is 35.5. The lowest BCUT2D eigenvalue weighted by molar-refractivity contribution is 0.606. The second-order valence-electron chi connectivity index (χ2n) is 4.39. The summed E-state index contributed by atoms with van der Waals surface area (Å²) in [7, 11) is 0. The molecule has 0 spiro atoms. The Kier molecular flexibility index (Phi) is 5.17. The van der Waals surface area contributed by atoms with Gasteiger partial charge in [0.2, 0.25) is 5.28 Å². The minimum Gasteiger partial charge on any atom is -0.355 e. The van der Waals surface area contributed by atoms with Gasteiger partial charge < -0.3 is 4.90 Å². The van der Waals surface area contributed by atoms with Gasteiger partial charge in [-0.15, -0.1) is 0 Å². The van der Waals surface area contributed by atoms with Gasteiger partial charge in [-0.1, -0.05) is 13.8 Å². The quantitative estimate of drug-likeness (QED) is 0.756. The minimum atomic E-state index is 0.247. The molecule has 0 aliphatic carbocycles. The van der Waals surface area contributed by atoms with Crippen molar-refractivity contribution in [3.8, 4) is 6.07 Å². The van der Waals surface area contributed by atoms with Gasteiger partial charge in [0.25, 0.3) is 0 Å². The molecule has 17 heavy (non-hydrogen) atoms. The molecule has 0 aromatic carbocycles. The van der Waals surface area contributed by atoms with Crippen LogP contribution in [0.4, 0.5) is 5.82 Å². The molecule has 1 heterocycles. The first-order valence-corrected chi connectivity index (χ1v) is 6.03. The fourth-order valence-corrected chi connectivity index (χ4v) is 1.77. The Morgan fingerprint density at radius 2 is 2.24 bits per heavy atom. The number of nitrogens with zero attached hydrogens (tertiary/aromatic N) is 4. The molecule has 0 aliphatic heterocycles. The molecule has 0 atom stereocenters. The van der Waals surface area contributed by atoms with Crippen LogP contribution in [0.25, 0.3) is 0 Å². The third kappa shape index (κ3) is 4.20. The van der Waals surface area contributed by atoms with Gasteiger partial charge in [-0.3, -0.25) is 0 Å². The zero-order chi connectivity index (χ0) is 12.8. The molecule has 0 saturated carbocycles. The van der Waals surface area contributed by atoms with E-state index in [1.807, 2.05) is 6.92 Å². The zero-order valence-corrected chi connectivity index (χ0v) is 11.2. The monoisotopic (exact) mass is 252 g/mol. The molecule has 0 radical (unpaired) electrons. The SMILES string of the molecule is Cc1cnc(Cl)nc1N(CCC#N)CC(C)C. The summed E-state index contributed by atoms with van der Waals surface area (Å²) in [4.78, 5) is 10.3. The topological polar surface area (TPSA) is 52.8 Å². The molecule has 0 bridgehead atoms. The number of nitriles is 1. The molecule has 0 amide bonds. The highest BCUT2D eigenvalue weighted by Gasteiger charge is 2.13. The van der Waals surface area contributed by atoms with E-state index >= 15 is 0 Å². The minimum absolute atomic E-state index is 0.247. The van der Waals surface area contributed by atoms with Gasteiger partial charge in [0.05, 0.1) is 12.5 Å². The maximum atomic E-state index is 8.68. The third-order valence-corrected chi connectivity index (χ3v) is 2.48. The number of aromatic nitrogens is 2. The van der Waals surface area contributed by atoms with Crippen LogP contribution in [0.5, 0.6) is 0 Å². The number of rotatable bonds is 5. The zero-order valence-electron chi connectivity index (χ0n) is 10.4. The van der Waals surface area contributed by atoms with Crippen LogP contribution >= 0.6 is 11.6 Å². The maximum Gasteiger partial charge on any atom is 0.224 e. The highest BCUT2D eigenvalue weighted by Crippen LogP contribution is 2.19. The summed E-state index contributed by atoms with van der Waals surface area (Å²) in [6, 6.07) is 2.16. The molecule has 0 saturated heterocycles. The van der Waals surface area contributed by atoms with Crippen LogP contribution < -0.4 is 4.90 Å². The van der Waals surface area contributed by atoms with Crippen molar-refractivity contribution in [3.05, 3.63) is 17.0 Å². The van der Waals surface area contributed by atoms with E-state index < -0.39 is 0 Å². The molecule has 0 N–H and O–H groups in total. The summed E-state index contributed by atoms with van der Waals surface area (Å²) in [6.07, 6.45) is 2.19. The van der Waals surface area contributed by atoms with E-state index in [-0.39, 0.29) is 5.28 Å². The molecule has 4 nitrogen and oxygen atoms in total. The average Bonchev–Trinajstić information content (AvgIpc) is 2.27. The van der Waals surface area contributed by atoms with Crippen molar-refractivity contribution in [3.63, 3.8) is 0 Å². The third-order valence-electron chi connectivity index (χ3n) is 2.29. The highest BCUT2D eigenvalue weighted by molar-refractivity contribution is 6.28. The molecule has 1 aromatic heterocycles. The summed E-state index contributed by atoms with van der Waals surface area (Å²) in [6.45, 7) is 7.75. The van der Waals surface area contributed by atoms with Gasteiger partial charge in [-0.2, -0.15) is 5.26 Å². The van der Waals surface area contributed by atoms with Crippen LogP contribution in [0.15, 0.2) is 6.20 Å². The van der Waals surface area contributed by atoms with Crippen LogP contribution in [-0.4, -0.2) is 23.1 Å². The van der Waals surface area contributed by atoms with Crippen molar-refractivity contribution in [2.24, 2.45) is 5.92 Å². The Morgan fingerprint density at radius 1 is 1.53 bits per heavy atom. The van der Waals surface area contributed by atoms with Gasteiger partial charge >= 0.3 is 0 Å². The fourth-order valence-electron chi connectivity index (χ4n) is 1.64. The van der Waals surface area contributed by atoms with Crippen molar-refractivity contribution in [2.75, 3.05) is 18.0 Å². The van der Waals surface area contributed by atoms with Gasteiger partial charge in [-0.25, -0.2) is 9.97 Å². The second-order valence-corrected chi connectivity index (χ2v) is 4.73. The van der Waals surface area contributed by atoms with Crippen LogP contribution in [0, 0.1) is 24.2 Å². The molecule has 1 aromatic rings. The first-order chi connectivity index (χ1) is 8.04. The van der Waals surface area contributed by atoms with E-state index in [4.69, 9.17) is 16.9 Å². The summed E-state index contributed by atoms with van der Waals surface area (Å²) >= 11 is 5.82. The van der Waals surface area contributed by atoms with Crippen LogP contribution in [0.3, 0.4) is 0 Å². The molecular weight excluding hydrogens is 236 g/mol. The standard InChI is InChI=1S/C12H17ClN4/c1-9(2)8-17(6-4-5-14)11-10(3)7-15-12(13)16-11/h7,9H,4,6,8H2,1-3H3. The van der Waals surface area contributed by atoms with Gasteiger partial charge in [-0.05, 0) is 24.4 Å². The number of hydrogen-bond acceptors (Lipinski definition) is 4. The van der Waals surface area contributed by atoms with Crippen molar-refractivity contribution >= 4 is 17.4 Å². The van der Waals surface area contributed by atoms with Crippen molar-refractivity contribution < 1.29 is 0 Å². The van der Waals surface area contributed by atoms with E-state index in [9.17, 15) is 0 Å². The van der Waals surface area contributed by atoms with Crippen LogP contribution in [0.2, 0.25) is 5.28 Å². The molecular formula is C12H17ClN4. The Bertz CT molecular complexity index is 411. The summed E-state index contributed by atoms with van der Waals surface area (Å²) < 4.78 is 0. The van der Waals surface area contributed by atoms with Crippen LogP contribution in [-0.2, 0) is 0 Å². The lowest BCUT2D eigenvalue weighted by atomic mass is 10.2. The van der Waals surface area contributed by atoms with Crippen LogP contribution in [0.1, 0.15) is 25.8 Å². The second kappa shape index (κ2) is 6.41. The van der Waals surface area contributed by atoms with E-state index in [0.717, 1.165) is 17.9 Å². The summed E-state index contributed by atoms with van der Waals surface area (Å²) in [5.74, 6) is 1.33. The Hall–Kier alpha value is -1.34. The predicted octanol–water partition coefficient (Wildman–Crippen LogP) is 2.81. The largest absolute Gasteiger partial charge is 0.355 e. The lowest BCUT2D eigenvalue weighted by Crippen LogP contribution is -2.30. The first-order valence-electron chi connectivity index (χ1n) is 5.65. The molecule has 5 heteroatoms. The van der Waals surface area contributed by atoms with Crippen molar-refractivity contribution in [1.82, 2.24) is 9.97 Å². The van der Waals surface area contributed by atoms with E-state index in [1.54, 1.807) is 6.20 Å². The van der Waals surface area contributed by atoms with Gasteiger partial charge in [0.15, 0.2) is 0 Å². The van der Waals surface area contributed by atoms with E-state index in [0.29, 0.717) is 18.9 Å². The van der Waals surface area contributed by atoms with E-state index in [2.05, 4.69) is 34.8 Å². The fraction of sp³-hybridized carbons (Fsp3) is 0.583. The Balaban J connectivity index is 2.94. The summed E-state index contributed by atoms with van der Waals surface area (Å²) in [5.41, 5.74) is 0.980. The molecule has 92 valence electrons. The van der Waals surface area contributed by atoms with Gasteiger partial charge in [0, 0.05) is 24.8 Å². The maximum absolute atomic E-state index is 8.68. The first kappa shape index (κ1) is 13.7. The van der Waals surface area contributed by atoms with E-state index in [1.165, 1.54) is 0 Å². The smallest absolute Gasteiger partial charge is 0.224 e. The molecule has 0 aliphatic rings. The molecule has 0 unspecified atom stereocenters. The number of halogens is 1. The number of anilines is 1.